The van der Waals surface area contributed by atoms with E-state index in [1.807, 2.05) is 0 Å². The number of aryl methyl sites for hydroxylation is 1. The molecule has 2 rings (SSSR count). The summed E-state index contributed by atoms with van der Waals surface area (Å²) in [7, 11) is 0. The molecular formula is C14H20ClN. The first-order chi connectivity index (χ1) is 7.75. The second-order valence-corrected chi connectivity index (χ2v) is 5.37. The first-order valence-electron chi connectivity index (χ1n) is 6.17. The molecule has 1 nitrogen and oxygen atoms in total. The van der Waals surface area contributed by atoms with Crippen molar-refractivity contribution < 1.29 is 0 Å². The van der Waals surface area contributed by atoms with Crippen LogP contribution in [-0.4, -0.2) is 11.4 Å². The van der Waals surface area contributed by atoms with Crippen molar-refractivity contribution >= 4 is 11.6 Å². The van der Waals surface area contributed by atoms with Crippen LogP contribution in [0.3, 0.4) is 0 Å². The average Bonchev–Trinajstić information content (AvgIpc) is 2.30. The third-order valence-corrected chi connectivity index (χ3v) is 3.94. The predicted molar refractivity (Wildman–Crippen MR) is 69.9 cm³/mol. The van der Waals surface area contributed by atoms with Crippen molar-refractivity contribution in [3.63, 3.8) is 0 Å². The Morgan fingerprint density at radius 2 is 1.88 bits per heavy atom. The van der Waals surface area contributed by atoms with Gasteiger partial charge in [-0.05, 0) is 43.7 Å². The molecule has 0 aromatic heterocycles. The average molecular weight is 238 g/mol. The molecule has 1 aliphatic carbocycles. The first-order valence-corrected chi connectivity index (χ1v) is 6.61. The monoisotopic (exact) mass is 237 g/mol. The third kappa shape index (κ3) is 3.23. The third-order valence-electron chi connectivity index (χ3n) is 3.50. The second kappa shape index (κ2) is 5.70. The van der Waals surface area contributed by atoms with Gasteiger partial charge < -0.3 is 5.32 Å². The lowest BCUT2D eigenvalue weighted by Crippen LogP contribution is -2.33. The lowest BCUT2D eigenvalue weighted by molar-refractivity contribution is 0.376. The molecule has 1 aromatic carbocycles. The minimum absolute atomic E-state index is 0.413. The molecule has 2 heteroatoms. The van der Waals surface area contributed by atoms with Crippen LogP contribution >= 0.6 is 11.6 Å². The number of benzene rings is 1. The molecule has 0 atom stereocenters. The Balaban J connectivity index is 1.81. The van der Waals surface area contributed by atoms with E-state index in [0.717, 1.165) is 19.4 Å². The van der Waals surface area contributed by atoms with Gasteiger partial charge in [0, 0.05) is 18.0 Å². The highest BCUT2D eigenvalue weighted by Gasteiger charge is 2.18. The van der Waals surface area contributed by atoms with Gasteiger partial charge in [0.1, 0.15) is 0 Å². The maximum atomic E-state index is 6.10. The Labute approximate surface area is 103 Å². The van der Waals surface area contributed by atoms with E-state index in [1.54, 1.807) is 0 Å². The molecule has 1 aromatic rings. The van der Waals surface area contributed by atoms with Crippen LogP contribution in [0.2, 0.25) is 0 Å². The highest BCUT2D eigenvalue weighted by Crippen LogP contribution is 2.23. The van der Waals surface area contributed by atoms with E-state index >= 15 is 0 Å². The van der Waals surface area contributed by atoms with Gasteiger partial charge in [-0.1, -0.05) is 24.3 Å². The quantitative estimate of drug-likeness (QED) is 0.792. The fourth-order valence-electron chi connectivity index (χ4n) is 2.32. The zero-order chi connectivity index (χ0) is 11.4. The summed E-state index contributed by atoms with van der Waals surface area (Å²) in [5, 5.41) is 4.05. The lowest BCUT2D eigenvalue weighted by atomic mass is 9.95. The Morgan fingerprint density at radius 1 is 1.19 bits per heavy atom. The summed E-state index contributed by atoms with van der Waals surface area (Å²) in [4.78, 5) is 0. The van der Waals surface area contributed by atoms with Gasteiger partial charge in [-0.3, -0.25) is 0 Å². The lowest BCUT2D eigenvalue weighted by Gasteiger charge is -2.26. The molecule has 0 bridgehead atoms. The van der Waals surface area contributed by atoms with Crippen LogP contribution in [-0.2, 0) is 6.54 Å². The smallest absolute Gasteiger partial charge is 0.0337 e. The molecule has 88 valence electrons. The first kappa shape index (κ1) is 11.9. The Hall–Kier alpha value is -0.530. The molecule has 0 spiro atoms. The summed E-state index contributed by atoms with van der Waals surface area (Å²) < 4.78 is 0. The van der Waals surface area contributed by atoms with Crippen LogP contribution in [0.5, 0.6) is 0 Å². The summed E-state index contributed by atoms with van der Waals surface area (Å²) in [5.74, 6) is 0. The van der Waals surface area contributed by atoms with Crippen LogP contribution < -0.4 is 5.32 Å². The minimum atomic E-state index is 0.413. The second-order valence-electron chi connectivity index (χ2n) is 4.76. The number of rotatable bonds is 3. The zero-order valence-corrected chi connectivity index (χ0v) is 10.6. The van der Waals surface area contributed by atoms with E-state index in [-0.39, 0.29) is 0 Å². The summed E-state index contributed by atoms with van der Waals surface area (Å²) in [6.45, 7) is 3.16. The maximum absolute atomic E-state index is 6.10. The van der Waals surface area contributed by atoms with E-state index in [9.17, 15) is 0 Å². The molecule has 1 saturated carbocycles. The molecule has 1 N–H and O–H groups in total. The molecule has 0 heterocycles. The van der Waals surface area contributed by atoms with Crippen LogP contribution in [0.1, 0.15) is 36.8 Å². The van der Waals surface area contributed by atoms with Gasteiger partial charge in [-0.2, -0.15) is 0 Å². The molecule has 1 aliphatic rings. The number of halogens is 1. The largest absolute Gasteiger partial charge is 0.310 e. The summed E-state index contributed by atoms with van der Waals surface area (Å²) in [6, 6.07) is 9.24. The minimum Gasteiger partial charge on any atom is -0.310 e. The number of alkyl halides is 1. The van der Waals surface area contributed by atoms with Crippen LogP contribution in [0.25, 0.3) is 0 Å². The van der Waals surface area contributed by atoms with E-state index in [1.165, 1.54) is 24.0 Å². The van der Waals surface area contributed by atoms with Crippen LogP contribution in [0.4, 0.5) is 0 Å². The molecule has 0 amide bonds. The van der Waals surface area contributed by atoms with Crippen molar-refractivity contribution in [1.29, 1.82) is 0 Å². The highest BCUT2D eigenvalue weighted by molar-refractivity contribution is 6.20. The summed E-state index contributed by atoms with van der Waals surface area (Å²) >= 11 is 6.10. The van der Waals surface area contributed by atoms with Gasteiger partial charge in [0.15, 0.2) is 0 Å². The van der Waals surface area contributed by atoms with Crippen molar-refractivity contribution in [2.45, 2.75) is 50.6 Å². The van der Waals surface area contributed by atoms with Gasteiger partial charge in [-0.15, -0.1) is 11.6 Å². The Morgan fingerprint density at radius 3 is 2.56 bits per heavy atom. The standard InChI is InChI=1S/C14H20ClN/c1-11-4-2-3-5-12(11)10-16-14-8-6-13(15)7-9-14/h2-5,13-14,16H,6-10H2,1H3. The van der Waals surface area contributed by atoms with E-state index < -0.39 is 0 Å². The van der Waals surface area contributed by atoms with Gasteiger partial charge in [0.2, 0.25) is 0 Å². The van der Waals surface area contributed by atoms with Crippen molar-refractivity contribution in [3.05, 3.63) is 35.4 Å². The van der Waals surface area contributed by atoms with Gasteiger partial charge in [0.25, 0.3) is 0 Å². The van der Waals surface area contributed by atoms with E-state index in [4.69, 9.17) is 11.6 Å². The van der Waals surface area contributed by atoms with Crippen LogP contribution in [0, 0.1) is 6.92 Å². The number of nitrogens with one attached hydrogen (secondary N) is 1. The summed E-state index contributed by atoms with van der Waals surface area (Å²) in [5.41, 5.74) is 2.79. The van der Waals surface area contributed by atoms with Crippen molar-refractivity contribution in [1.82, 2.24) is 5.32 Å². The van der Waals surface area contributed by atoms with Crippen molar-refractivity contribution in [2.24, 2.45) is 0 Å². The highest BCUT2D eigenvalue weighted by atomic mass is 35.5. The van der Waals surface area contributed by atoms with Gasteiger partial charge in [-0.25, -0.2) is 0 Å². The summed E-state index contributed by atoms with van der Waals surface area (Å²) in [6.07, 6.45) is 4.76. The molecule has 0 radical (unpaired) electrons. The molecule has 0 aliphatic heterocycles. The SMILES string of the molecule is Cc1ccccc1CNC1CCC(Cl)CC1. The molecule has 16 heavy (non-hydrogen) atoms. The van der Waals surface area contributed by atoms with Crippen molar-refractivity contribution in [3.8, 4) is 0 Å². The van der Waals surface area contributed by atoms with E-state index in [2.05, 4.69) is 36.5 Å². The molecular weight excluding hydrogens is 218 g/mol. The molecule has 0 unspecified atom stereocenters. The fraction of sp³-hybridized carbons (Fsp3) is 0.571. The fourth-order valence-corrected chi connectivity index (χ4v) is 2.57. The Kier molecular flexibility index (Phi) is 4.25. The number of hydrogen-bond acceptors (Lipinski definition) is 1. The molecule has 1 fully saturated rings. The maximum Gasteiger partial charge on any atom is 0.0337 e. The molecule has 0 saturated heterocycles. The van der Waals surface area contributed by atoms with Gasteiger partial charge >= 0.3 is 0 Å². The predicted octanol–water partition coefficient (Wildman–Crippen LogP) is 3.63. The number of hydrogen-bond donors (Lipinski definition) is 1. The Bertz CT molecular complexity index is 329. The van der Waals surface area contributed by atoms with E-state index in [0.29, 0.717) is 11.4 Å². The normalized spacial score (nSPS) is 25.6. The van der Waals surface area contributed by atoms with Crippen LogP contribution in [0.15, 0.2) is 24.3 Å². The topological polar surface area (TPSA) is 12.0 Å². The van der Waals surface area contributed by atoms with Crippen molar-refractivity contribution in [2.75, 3.05) is 0 Å². The van der Waals surface area contributed by atoms with Gasteiger partial charge in [0.05, 0.1) is 0 Å². The zero-order valence-electron chi connectivity index (χ0n) is 9.88.